The number of nitrogens with zero attached hydrogens (tertiary/aromatic N) is 3. The third kappa shape index (κ3) is 2.27. The van der Waals surface area contributed by atoms with Gasteiger partial charge in [0.1, 0.15) is 0 Å². The Morgan fingerprint density at radius 1 is 1.35 bits per heavy atom. The molecule has 3 rings (SSSR count). The molecule has 2 N–H and O–H groups in total. The first kappa shape index (κ1) is 10.3. The number of aromatic nitrogens is 4. The van der Waals surface area contributed by atoms with Crippen molar-refractivity contribution in [2.45, 2.75) is 25.8 Å². The van der Waals surface area contributed by atoms with E-state index in [2.05, 4.69) is 32.4 Å². The second-order valence-electron chi connectivity index (χ2n) is 4.51. The molecule has 1 aliphatic carbocycles. The van der Waals surface area contributed by atoms with E-state index < -0.39 is 0 Å². The molecule has 17 heavy (non-hydrogen) atoms. The van der Waals surface area contributed by atoms with Gasteiger partial charge in [-0.3, -0.25) is 10.1 Å². The number of aromatic amines is 1. The third-order valence-corrected chi connectivity index (χ3v) is 3.13. The van der Waals surface area contributed by atoms with E-state index in [-0.39, 0.29) is 0 Å². The standard InChI is InChI=1S/C12H15N5/c1-8(9-2-3-9)14-12-15-11(16-17-12)10-4-6-13-7-5-10/h4-9H,2-3H2,1H3,(H2,14,15,16,17). The average molecular weight is 229 g/mol. The molecule has 0 aliphatic heterocycles. The molecule has 5 nitrogen and oxygen atoms in total. The Morgan fingerprint density at radius 3 is 2.82 bits per heavy atom. The maximum Gasteiger partial charge on any atom is 0.242 e. The Kier molecular flexibility index (Phi) is 2.51. The molecule has 1 fully saturated rings. The smallest absolute Gasteiger partial charge is 0.242 e. The van der Waals surface area contributed by atoms with Crippen molar-refractivity contribution in [3.63, 3.8) is 0 Å². The fourth-order valence-electron chi connectivity index (χ4n) is 1.88. The lowest BCUT2D eigenvalue weighted by Gasteiger charge is -2.09. The zero-order chi connectivity index (χ0) is 11.7. The predicted molar refractivity (Wildman–Crippen MR) is 65.4 cm³/mol. The molecule has 0 amide bonds. The van der Waals surface area contributed by atoms with E-state index in [9.17, 15) is 0 Å². The minimum atomic E-state index is 0.455. The summed E-state index contributed by atoms with van der Waals surface area (Å²) in [6.45, 7) is 2.18. The highest BCUT2D eigenvalue weighted by molar-refractivity contribution is 5.54. The molecule has 2 aromatic rings. The van der Waals surface area contributed by atoms with Crippen LogP contribution in [0.5, 0.6) is 0 Å². The molecule has 2 heterocycles. The molecule has 2 aromatic heterocycles. The van der Waals surface area contributed by atoms with Crippen molar-refractivity contribution in [2.24, 2.45) is 5.92 Å². The van der Waals surface area contributed by atoms with E-state index in [0.717, 1.165) is 17.3 Å². The Balaban J connectivity index is 1.74. The number of pyridine rings is 1. The molecule has 1 saturated carbocycles. The summed E-state index contributed by atoms with van der Waals surface area (Å²) in [5.41, 5.74) is 1.000. The topological polar surface area (TPSA) is 66.5 Å². The van der Waals surface area contributed by atoms with Crippen molar-refractivity contribution in [1.29, 1.82) is 0 Å². The summed E-state index contributed by atoms with van der Waals surface area (Å²) < 4.78 is 0. The first-order chi connectivity index (χ1) is 8.33. The van der Waals surface area contributed by atoms with E-state index in [1.54, 1.807) is 12.4 Å². The highest BCUT2D eigenvalue weighted by Crippen LogP contribution is 2.33. The van der Waals surface area contributed by atoms with Gasteiger partial charge in [-0.25, -0.2) is 0 Å². The van der Waals surface area contributed by atoms with Crippen LogP contribution in [0.4, 0.5) is 5.95 Å². The van der Waals surface area contributed by atoms with Crippen LogP contribution in [0.1, 0.15) is 19.8 Å². The Labute approximate surface area is 99.7 Å². The number of anilines is 1. The van der Waals surface area contributed by atoms with Crippen molar-refractivity contribution >= 4 is 5.95 Å². The van der Waals surface area contributed by atoms with Crippen LogP contribution >= 0.6 is 0 Å². The van der Waals surface area contributed by atoms with Crippen molar-refractivity contribution in [3.8, 4) is 11.4 Å². The minimum Gasteiger partial charge on any atom is -0.350 e. The van der Waals surface area contributed by atoms with Crippen LogP contribution in [0.15, 0.2) is 24.5 Å². The summed E-state index contributed by atoms with van der Waals surface area (Å²) in [6.07, 6.45) is 6.13. The lowest BCUT2D eigenvalue weighted by atomic mass is 10.2. The Bertz CT molecular complexity index is 489. The van der Waals surface area contributed by atoms with Gasteiger partial charge >= 0.3 is 0 Å². The van der Waals surface area contributed by atoms with Crippen LogP contribution in [0.2, 0.25) is 0 Å². The summed E-state index contributed by atoms with van der Waals surface area (Å²) in [5.74, 6) is 2.24. The summed E-state index contributed by atoms with van der Waals surface area (Å²) in [5, 5.41) is 10.4. The molecule has 1 aliphatic rings. The number of nitrogens with one attached hydrogen (secondary N) is 2. The molecule has 0 radical (unpaired) electrons. The second kappa shape index (κ2) is 4.16. The monoisotopic (exact) mass is 229 g/mol. The van der Waals surface area contributed by atoms with E-state index in [1.165, 1.54) is 12.8 Å². The third-order valence-electron chi connectivity index (χ3n) is 3.13. The number of hydrogen-bond donors (Lipinski definition) is 2. The van der Waals surface area contributed by atoms with Crippen LogP contribution in [0.3, 0.4) is 0 Å². The lowest BCUT2D eigenvalue weighted by molar-refractivity contribution is 0.687. The zero-order valence-electron chi connectivity index (χ0n) is 9.72. The van der Waals surface area contributed by atoms with Gasteiger partial charge in [-0.05, 0) is 37.8 Å². The van der Waals surface area contributed by atoms with Gasteiger partial charge in [0.05, 0.1) is 0 Å². The quantitative estimate of drug-likeness (QED) is 0.842. The zero-order valence-corrected chi connectivity index (χ0v) is 9.72. The molecule has 1 atom stereocenters. The van der Waals surface area contributed by atoms with Gasteiger partial charge in [-0.15, -0.1) is 5.10 Å². The summed E-state index contributed by atoms with van der Waals surface area (Å²) >= 11 is 0. The SMILES string of the molecule is CC(Nc1n[nH]c(-c2ccncc2)n1)C1CC1. The van der Waals surface area contributed by atoms with Gasteiger partial charge in [0.2, 0.25) is 5.95 Å². The molecule has 88 valence electrons. The van der Waals surface area contributed by atoms with Crippen LogP contribution < -0.4 is 5.32 Å². The number of H-pyrrole nitrogens is 1. The summed E-state index contributed by atoms with van der Waals surface area (Å²) in [4.78, 5) is 8.40. The van der Waals surface area contributed by atoms with Crippen molar-refractivity contribution in [2.75, 3.05) is 5.32 Å². The van der Waals surface area contributed by atoms with Crippen LogP contribution in [0.25, 0.3) is 11.4 Å². The van der Waals surface area contributed by atoms with Gasteiger partial charge in [-0.2, -0.15) is 4.98 Å². The summed E-state index contributed by atoms with van der Waals surface area (Å²) in [7, 11) is 0. The average Bonchev–Trinajstić information content (AvgIpc) is 3.12. The van der Waals surface area contributed by atoms with E-state index >= 15 is 0 Å². The predicted octanol–water partition coefficient (Wildman–Crippen LogP) is 2.08. The number of rotatable bonds is 4. The molecular weight excluding hydrogens is 214 g/mol. The first-order valence-corrected chi connectivity index (χ1v) is 5.92. The Hall–Kier alpha value is -1.91. The lowest BCUT2D eigenvalue weighted by Crippen LogP contribution is -2.18. The highest BCUT2D eigenvalue weighted by atomic mass is 15.3. The van der Waals surface area contributed by atoms with Crippen molar-refractivity contribution < 1.29 is 0 Å². The van der Waals surface area contributed by atoms with Crippen molar-refractivity contribution in [3.05, 3.63) is 24.5 Å². The molecule has 1 unspecified atom stereocenters. The van der Waals surface area contributed by atoms with Gasteiger partial charge in [0, 0.05) is 24.0 Å². The largest absolute Gasteiger partial charge is 0.350 e. The van der Waals surface area contributed by atoms with Crippen molar-refractivity contribution in [1.82, 2.24) is 20.2 Å². The second-order valence-corrected chi connectivity index (χ2v) is 4.51. The van der Waals surface area contributed by atoms with Crippen LogP contribution in [0, 0.1) is 5.92 Å². The fourth-order valence-corrected chi connectivity index (χ4v) is 1.88. The maximum atomic E-state index is 4.43. The molecule has 0 saturated heterocycles. The molecule has 0 aromatic carbocycles. The van der Waals surface area contributed by atoms with E-state index in [1.807, 2.05) is 12.1 Å². The molecule has 0 spiro atoms. The van der Waals surface area contributed by atoms with Crippen LogP contribution in [-0.4, -0.2) is 26.2 Å². The highest BCUT2D eigenvalue weighted by Gasteiger charge is 2.28. The first-order valence-electron chi connectivity index (χ1n) is 5.92. The molecule has 5 heteroatoms. The minimum absolute atomic E-state index is 0.455. The molecule has 0 bridgehead atoms. The van der Waals surface area contributed by atoms with Gasteiger partial charge < -0.3 is 5.32 Å². The van der Waals surface area contributed by atoms with Crippen LogP contribution in [-0.2, 0) is 0 Å². The van der Waals surface area contributed by atoms with E-state index in [4.69, 9.17) is 0 Å². The molecular formula is C12H15N5. The fraction of sp³-hybridized carbons (Fsp3) is 0.417. The number of hydrogen-bond acceptors (Lipinski definition) is 4. The van der Waals surface area contributed by atoms with Gasteiger partial charge in [0.25, 0.3) is 0 Å². The van der Waals surface area contributed by atoms with E-state index in [0.29, 0.717) is 12.0 Å². The Morgan fingerprint density at radius 2 is 2.12 bits per heavy atom. The normalized spacial score (nSPS) is 16.8. The van der Waals surface area contributed by atoms with Gasteiger partial charge in [-0.1, -0.05) is 0 Å². The summed E-state index contributed by atoms with van der Waals surface area (Å²) in [6, 6.07) is 4.28. The maximum absolute atomic E-state index is 4.43. The van der Waals surface area contributed by atoms with Gasteiger partial charge in [0.15, 0.2) is 5.82 Å².